The van der Waals surface area contributed by atoms with Crippen molar-refractivity contribution in [2.75, 3.05) is 13.1 Å². The summed E-state index contributed by atoms with van der Waals surface area (Å²) >= 11 is 0. The van der Waals surface area contributed by atoms with Gasteiger partial charge in [0.1, 0.15) is 0 Å². The number of rotatable bonds is 2. The highest BCUT2D eigenvalue weighted by atomic mass is 16.3. The number of likely N-dealkylation sites (tertiary alicyclic amines) is 1. The minimum Gasteiger partial charge on any atom is -0.391 e. The van der Waals surface area contributed by atoms with Gasteiger partial charge < -0.3 is 5.11 Å². The third kappa shape index (κ3) is 1.87. The van der Waals surface area contributed by atoms with Crippen molar-refractivity contribution in [3.05, 3.63) is 35.9 Å². The van der Waals surface area contributed by atoms with Crippen molar-refractivity contribution in [3.8, 4) is 0 Å². The molecule has 2 aliphatic rings. The molecule has 1 heterocycles. The first-order valence-corrected chi connectivity index (χ1v) is 6.23. The molecule has 1 atom stereocenters. The van der Waals surface area contributed by atoms with Gasteiger partial charge in [0.25, 0.3) is 0 Å². The maximum atomic E-state index is 10.1. The summed E-state index contributed by atoms with van der Waals surface area (Å²) in [5, 5.41) is 10.1. The molecule has 1 N–H and O–H groups in total. The zero-order valence-corrected chi connectivity index (χ0v) is 9.60. The molecule has 1 spiro atoms. The Morgan fingerprint density at radius 3 is 2.56 bits per heavy atom. The van der Waals surface area contributed by atoms with Crippen LogP contribution in [-0.2, 0) is 6.54 Å². The summed E-state index contributed by atoms with van der Waals surface area (Å²) in [6, 6.07) is 10.5. The highest BCUT2D eigenvalue weighted by Crippen LogP contribution is 2.53. The van der Waals surface area contributed by atoms with Crippen molar-refractivity contribution in [1.29, 1.82) is 0 Å². The van der Waals surface area contributed by atoms with E-state index in [0.717, 1.165) is 19.6 Å². The van der Waals surface area contributed by atoms with E-state index in [0.29, 0.717) is 5.41 Å². The molecule has 2 nitrogen and oxygen atoms in total. The number of hydrogen-bond acceptors (Lipinski definition) is 2. The van der Waals surface area contributed by atoms with E-state index in [1.54, 1.807) is 0 Å². The van der Waals surface area contributed by atoms with Crippen LogP contribution < -0.4 is 0 Å². The molecule has 2 heteroatoms. The number of aliphatic hydroxyl groups is 1. The van der Waals surface area contributed by atoms with Gasteiger partial charge in [-0.25, -0.2) is 0 Å². The van der Waals surface area contributed by atoms with Gasteiger partial charge in [-0.2, -0.15) is 0 Å². The highest BCUT2D eigenvalue weighted by Gasteiger charge is 2.50. The predicted molar refractivity (Wildman–Crippen MR) is 64.0 cm³/mol. The van der Waals surface area contributed by atoms with Gasteiger partial charge in [-0.3, -0.25) is 4.90 Å². The average Bonchev–Trinajstić information content (AvgIpc) is 3.07. The quantitative estimate of drug-likeness (QED) is 0.819. The zero-order chi connectivity index (χ0) is 11.0. The second-order valence-electron chi connectivity index (χ2n) is 5.35. The Labute approximate surface area is 96.9 Å². The van der Waals surface area contributed by atoms with Gasteiger partial charge >= 0.3 is 0 Å². The van der Waals surface area contributed by atoms with E-state index in [1.165, 1.54) is 24.8 Å². The number of hydrogen-bond donors (Lipinski definition) is 1. The number of piperidine rings is 1. The van der Waals surface area contributed by atoms with Crippen LogP contribution in [0.3, 0.4) is 0 Å². The molecule has 0 bridgehead atoms. The van der Waals surface area contributed by atoms with E-state index < -0.39 is 0 Å². The first-order valence-electron chi connectivity index (χ1n) is 6.23. The van der Waals surface area contributed by atoms with Gasteiger partial charge in [-0.05, 0) is 36.8 Å². The monoisotopic (exact) mass is 217 g/mol. The Hall–Kier alpha value is -0.860. The lowest BCUT2D eigenvalue weighted by Gasteiger charge is -2.36. The Morgan fingerprint density at radius 2 is 1.94 bits per heavy atom. The largest absolute Gasteiger partial charge is 0.391 e. The van der Waals surface area contributed by atoms with Crippen LogP contribution in [0, 0.1) is 5.41 Å². The van der Waals surface area contributed by atoms with Gasteiger partial charge in [0.2, 0.25) is 0 Å². The van der Waals surface area contributed by atoms with Gasteiger partial charge in [0.15, 0.2) is 0 Å². The van der Waals surface area contributed by atoms with E-state index in [1.807, 2.05) is 6.07 Å². The number of β-amino-alcohol motifs (C(OH)–C–C–N with tert-alkyl or cyclic N) is 1. The SMILES string of the molecule is O[C@@H]1CN(Cc2ccccc2)CCC12CC2. The van der Waals surface area contributed by atoms with Crippen LogP contribution in [0.1, 0.15) is 24.8 Å². The van der Waals surface area contributed by atoms with E-state index in [9.17, 15) is 5.11 Å². The Kier molecular flexibility index (Phi) is 2.49. The molecule has 86 valence electrons. The highest BCUT2D eigenvalue weighted by molar-refractivity contribution is 5.15. The van der Waals surface area contributed by atoms with Crippen LogP contribution in [0.2, 0.25) is 0 Å². The predicted octanol–water partition coefficient (Wildman–Crippen LogP) is 2.03. The minimum absolute atomic E-state index is 0.0926. The second-order valence-corrected chi connectivity index (χ2v) is 5.35. The molecule has 1 saturated carbocycles. The molecule has 16 heavy (non-hydrogen) atoms. The van der Waals surface area contributed by atoms with Crippen LogP contribution in [0.5, 0.6) is 0 Å². The summed E-state index contributed by atoms with van der Waals surface area (Å²) in [7, 11) is 0. The van der Waals surface area contributed by atoms with Gasteiger partial charge in [0.05, 0.1) is 6.10 Å². The van der Waals surface area contributed by atoms with Crippen LogP contribution in [-0.4, -0.2) is 29.2 Å². The van der Waals surface area contributed by atoms with Gasteiger partial charge in [0, 0.05) is 13.1 Å². The van der Waals surface area contributed by atoms with E-state index in [-0.39, 0.29) is 6.10 Å². The van der Waals surface area contributed by atoms with Crippen LogP contribution >= 0.6 is 0 Å². The second kappa shape index (κ2) is 3.86. The number of aliphatic hydroxyl groups excluding tert-OH is 1. The molecule has 1 saturated heterocycles. The normalized spacial score (nSPS) is 28.2. The summed E-state index contributed by atoms with van der Waals surface area (Å²) in [6.45, 7) is 2.98. The molecule has 0 unspecified atom stereocenters. The smallest absolute Gasteiger partial charge is 0.0723 e. The Bertz CT molecular complexity index is 358. The summed E-state index contributed by atoms with van der Waals surface area (Å²) in [5.41, 5.74) is 1.68. The van der Waals surface area contributed by atoms with Crippen molar-refractivity contribution in [2.24, 2.45) is 5.41 Å². The summed E-state index contributed by atoms with van der Waals surface area (Å²) < 4.78 is 0. The molecule has 3 rings (SSSR count). The van der Waals surface area contributed by atoms with E-state index >= 15 is 0 Å². The van der Waals surface area contributed by atoms with Crippen molar-refractivity contribution in [3.63, 3.8) is 0 Å². The molecular weight excluding hydrogens is 198 g/mol. The first kappa shape index (κ1) is 10.3. The topological polar surface area (TPSA) is 23.5 Å². The van der Waals surface area contributed by atoms with Crippen molar-refractivity contribution in [2.45, 2.75) is 31.9 Å². The zero-order valence-electron chi connectivity index (χ0n) is 9.60. The molecule has 1 aromatic carbocycles. The number of benzene rings is 1. The van der Waals surface area contributed by atoms with E-state index in [4.69, 9.17) is 0 Å². The molecular formula is C14H19NO. The van der Waals surface area contributed by atoms with Gasteiger partial charge in [-0.15, -0.1) is 0 Å². The molecule has 2 fully saturated rings. The minimum atomic E-state index is -0.0926. The first-order chi connectivity index (χ1) is 7.78. The molecule has 0 radical (unpaired) electrons. The maximum Gasteiger partial charge on any atom is 0.0723 e. The molecule has 1 aliphatic heterocycles. The van der Waals surface area contributed by atoms with Crippen LogP contribution in [0.15, 0.2) is 30.3 Å². The lowest BCUT2D eigenvalue weighted by Crippen LogP contribution is -2.44. The van der Waals surface area contributed by atoms with Gasteiger partial charge in [-0.1, -0.05) is 30.3 Å². The van der Waals surface area contributed by atoms with Crippen molar-refractivity contribution in [1.82, 2.24) is 4.90 Å². The molecule has 0 aromatic heterocycles. The molecule has 0 amide bonds. The maximum absolute atomic E-state index is 10.1. The standard InChI is InChI=1S/C14H19NO/c16-13-11-15(9-8-14(13)6-7-14)10-12-4-2-1-3-5-12/h1-5,13,16H,6-11H2/t13-/m1/s1. The van der Waals surface area contributed by atoms with Crippen molar-refractivity contribution < 1.29 is 5.11 Å². The molecule has 1 aromatic rings. The van der Waals surface area contributed by atoms with Crippen LogP contribution in [0.4, 0.5) is 0 Å². The van der Waals surface area contributed by atoms with Crippen LogP contribution in [0.25, 0.3) is 0 Å². The summed E-state index contributed by atoms with van der Waals surface area (Å²) in [6.07, 6.45) is 3.58. The third-order valence-electron chi connectivity index (χ3n) is 4.21. The van der Waals surface area contributed by atoms with E-state index in [2.05, 4.69) is 29.2 Å². The average molecular weight is 217 g/mol. The third-order valence-corrected chi connectivity index (χ3v) is 4.21. The number of nitrogens with zero attached hydrogens (tertiary/aromatic N) is 1. The lowest BCUT2D eigenvalue weighted by atomic mass is 9.90. The van der Waals surface area contributed by atoms with Crippen molar-refractivity contribution >= 4 is 0 Å². The molecule has 1 aliphatic carbocycles. The summed E-state index contributed by atoms with van der Waals surface area (Å²) in [4.78, 5) is 2.38. The Morgan fingerprint density at radius 1 is 1.19 bits per heavy atom. The fourth-order valence-electron chi connectivity index (χ4n) is 2.81. The fourth-order valence-corrected chi connectivity index (χ4v) is 2.81. The lowest BCUT2D eigenvalue weighted by molar-refractivity contribution is 0.00549. The Balaban J connectivity index is 1.61. The summed E-state index contributed by atoms with van der Waals surface area (Å²) in [5.74, 6) is 0. The fraction of sp³-hybridized carbons (Fsp3) is 0.571.